The van der Waals surface area contributed by atoms with Crippen LogP contribution < -0.4 is 5.32 Å². The van der Waals surface area contributed by atoms with Gasteiger partial charge < -0.3 is 15.3 Å². The molecule has 0 spiro atoms. The highest BCUT2D eigenvalue weighted by molar-refractivity contribution is 5.89. The number of nitrogens with one attached hydrogen (secondary N) is 1. The Balaban J connectivity index is 1.35. The van der Waals surface area contributed by atoms with Gasteiger partial charge in [0, 0.05) is 36.8 Å². The molecule has 0 radical (unpaired) electrons. The number of anilines is 1. The van der Waals surface area contributed by atoms with E-state index in [0.717, 1.165) is 42.7 Å². The summed E-state index contributed by atoms with van der Waals surface area (Å²) in [6.07, 6.45) is 1.95. The minimum Gasteiger partial charge on any atom is -0.395 e. The molecule has 178 valence electrons. The number of urea groups is 1. The summed E-state index contributed by atoms with van der Waals surface area (Å²) in [7, 11) is 0. The van der Waals surface area contributed by atoms with Crippen LogP contribution in [-0.2, 0) is 0 Å². The van der Waals surface area contributed by atoms with Crippen LogP contribution in [0.15, 0.2) is 78.9 Å². The predicted molar refractivity (Wildman–Crippen MR) is 137 cm³/mol. The molecular weight excluding hydrogens is 436 g/mol. The van der Waals surface area contributed by atoms with Gasteiger partial charge in [0.15, 0.2) is 0 Å². The van der Waals surface area contributed by atoms with Crippen LogP contribution in [-0.4, -0.2) is 59.3 Å². The van der Waals surface area contributed by atoms with Gasteiger partial charge in [-0.05, 0) is 60.3 Å². The summed E-state index contributed by atoms with van der Waals surface area (Å²) in [6.45, 7) is 2.41. The Bertz CT molecular complexity index is 1210. The molecule has 2 heterocycles. The van der Waals surface area contributed by atoms with Crippen LogP contribution in [0.2, 0.25) is 0 Å². The number of nitrogens with zero attached hydrogens (tertiary/aromatic N) is 3. The van der Waals surface area contributed by atoms with Gasteiger partial charge in [-0.3, -0.25) is 4.90 Å². The SMILES string of the molecule is N#Cc1cccc(-c2ccc([C@@H]3[C@@H](CO)N4CCCCN(C(=O)Nc5ccccc5)C[C@H]34)cc2)c1. The van der Waals surface area contributed by atoms with E-state index in [1.165, 1.54) is 5.56 Å². The second-order valence-corrected chi connectivity index (χ2v) is 9.34. The maximum atomic E-state index is 13.1. The van der Waals surface area contributed by atoms with Gasteiger partial charge in [-0.25, -0.2) is 4.79 Å². The molecule has 3 aromatic rings. The topological polar surface area (TPSA) is 79.6 Å². The molecule has 6 heteroatoms. The molecule has 2 saturated heterocycles. The van der Waals surface area contributed by atoms with Gasteiger partial charge in [0.1, 0.15) is 0 Å². The summed E-state index contributed by atoms with van der Waals surface area (Å²) in [4.78, 5) is 17.4. The van der Waals surface area contributed by atoms with Crippen molar-refractivity contribution in [2.24, 2.45) is 0 Å². The zero-order valence-electron chi connectivity index (χ0n) is 19.7. The molecule has 2 N–H and O–H groups in total. The molecule has 35 heavy (non-hydrogen) atoms. The fourth-order valence-electron chi connectivity index (χ4n) is 5.51. The van der Waals surface area contributed by atoms with Crippen molar-refractivity contribution in [3.8, 4) is 17.2 Å². The first-order valence-corrected chi connectivity index (χ1v) is 12.3. The number of hydrogen-bond acceptors (Lipinski definition) is 4. The number of para-hydroxylation sites is 1. The number of carbonyl (C=O) groups is 1. The van der Waals surface area contributed by atoms with E-state index in [-0.39, 0.29) is 30.6 Å². The summed E-state index contributed by atoms with van der Waals surface area (Å²) in [5.74, 6) is 0.157. The Morgan fingerprint density at radius 1 is 0.971 bits per heavy atom. The van der Waals surface area contributed by atoms with E-state index < -0.39 is 0 Å². The molecule has 6 nitrogen and oxygen atoms in total. The minimum atomic E-state index is -0.0722. The van der Waals surface area contributed by atoms with E-state index in [9.17, 15) is 15.2 Å². The average molecular weight is 467 g/mol. The second-order valence-electron chi connectivity index (χ2n) is 9.34. The van der Waals surface area contributed by atoms with Crippen LogP contribution in [0.5, 0.6) is 0 Å². The molecule has 0 bridgehead atoms. The van der Waals surface area contributed by atoms with Crippen LogP contribution in [0, 0.1) is 11.3 Å². The van der Waals surface area contributed by atoms with Gasteiger partial charge in [-0.15, -0.1) is 0 Å². The van der Waals surface area contributed by atoms with E-state index in [2.05, 4.69) is 40.6 Å². The Labute approximate surface area is 206 Å². The summed E-state index contributed by atoms with van der Waals surface area (Å²) in [6, 6.07) is 28.0. The molecule has 0 unspecified atom stereocenters. The van der Waals surface area contributed by atoms with Gasteiger partial charge in [0.05, 0.1) is 18.2 Å². The van der Waals surface area contributed by atoms with E-state index in [0.29, 0.717) is 12.1 Å². The predicted octanol–water partition coefficient (Wildman–Crippen LogP) is 4.68. The van der Waals surface area contributed by atoms with E-state index in [1.807, 2.05) is 53.4 Å². The maximum absolute atomic E-state index is 13.1. The number of carbonyl (C=O) groups excluding carboxylic acids is 1. The van der Waals surface area contributed by atoms with Crippen LogP contribution in [0.4, 0.5) is 10.5 Å². The van der Waals surface area contributed by atoms with Gasteiger partial charge in [-0.2, -0.15) is 5.26 Å². The smallest absolute Gasteiger partial charge is 0.321 e. The monoisotopic (exact) mass is 466 g/mol. The molecule has 0 saturated carbocycles. The lowest BCUT2D eigenvalue weighted by Gasteiger charge is -2.57. The fraction of sp³-hybridized carbons (Fsp3) is 0.310. The Morgan fingerprint density at radius 2 is 1.74 bits per heavy atom. The number of benzene rings is 3. The van der Waals surface area contributed by atoms with Crippen molar-refractivity contribution in [1.82, 2.24) is 9.80 Å². The summed E-state index contributed by atoms with van der Waals surface area (Å²) < 4.78 is 0. The van der Waals surface area contributed by atoms with Crippen molar-refractivity contribution in [3.63, 3.8) is 0 Å². The Kier molecular flexibility index (Phi) is 6.80. The molecule has 2 amide bonds. The molecule has 3 aromatic carbocycles. The van der Waals surface area contributed by atoms with Gasteiger partial charge in [0.25, 0.3) is 0 Å². The van der Waals surface area contributed by atoms with Gasteiger partial charge in [0.2, 0.25) is 0 Å². The lowest BCUT2D eigenvalue weighted by Crippen LogP contribution is -2.68. The first-order valence-electron chi connectivity index (χ1n) is 12.3. The van der Waals surface area contributed by atoms with Crippen molar-refractivity contribution in [1.29, 1.82) is 5.26 Å². The highest BCUT2D eigenvalue weighted by atomic mass is 16.3. The van der Waals surface area contributed by atoms with Crippen LogP contribution in [0.1, 0.15) is 29.9 Å². The molecular formula is C29H30N4O2. The normalized spacial score (nSPS) is 22.2. The van der Waals surface area contributed by atoms with Crippen molar-refractivity contribution in [2.45, 2.75) is 30.8 Å². The first-order chi connectivity index (χ1) is 17.2. The summed E-state index contributed by atoms with van der Waals surface area (Å²) in [5, 5.41) is 22.5. The average Bonchev–Trinajstić information content (AvgIpc) is 2.88. The van der Waals surface area contributed by atoms with Crippen molar-refractivity contribution >= 4 is 11.7 Å². The standard InChI is InChI=1S/C29H30N4O2/c30-18-21-7-6-8-24(17-21)22-11-13-23(14-12-22)28-26-19-32(15-4-5-16-33(26)27(28)20-34)29(35)31-25-9-2-1-3-10-25/h1-3,6-14,17,26-28,34H,4-5,15-16,19-20H2,(H,31,35)/t26-,27-,28+/m1/s1. The molecule has 2 aliphatic heterocycles. The highest BCUT2D eigenvalue weighted by Gasteiger charge is 2.49. The van der Waals surface area contributed by atoms with Gasteiger partial charge >= 0.3 is 6.03 Å². The number of hydrogen-bond donors (Lipinski definition) is 2. The third-order valence-corrected chi connectivity index (χ3v) is 7.30. The number of aliphatic hydroxyl groups is 1. The molecule has 3 atom stereocenters. The maximum Gasteiger partial charge on any atom is 0.321 e. The quantitative estimate of drug-likeness (QED) is 0.585. The molecule has 0 aromatic heterocycles. The van der Waals surface area contributed by atoms with Crippen LogP contribution >= 0.6 is 0 Å². The van der Waals surface area contributed by atoms with Crippen LogP contribution in [0.3, 0.4) is 0 Å². The fourth-order valence-corrected chi connectivity index (χ4v) is 5.51. The molecule has 2 aliphatic rings. The third kappa shape index (κ3) is 4.79. The van der Waals surface area contributed by atoms with Crippen molar-refractivity contribution in [2.75, 3.05) is 31.6 Å². The van der Waals surface area contributed by atoms with Crippen molar-refractivity contribution in [3.05, 3.63) is 90.0 Å². The van der Waals surface area contributed by atoms with E-state index >= 15 is 0 Å². The Hall–Kier alpha value is -3.66. The molecule has 2 fully saturated rings. The second kappa shape index (κ2) is 10.3. The highest BCUT2D eigenvalue weighted by Crippen LogP contribution is 2.42. The van der Waals surface area contributed by atoms with Gasteiger partial charge in [-0.1, -0.05) is 54.6 Å². The molecule has 5 rings (SSSR count). The zero-order valence-corrected chi connectivity index (χ0v) is 19.7. The minimum absolute atomic E-state index is 0.0601. The number of fused-ring (bicyclic) bond motifs is 1. The van der Waals surface area contributed by atoms with Crippen LogP contribution in [0.25, 0.3) is 11.1 Å². The number of nitriles is 1. The summed E-state index contributed by atoms with van der Waals surface area (Å²) in [5.41, 5.74) is 4.69. The largest absolute Gasteiger partial charge is 0.395 e. The zero-order chi connectivity index (χ0) is 24.2. The lowest BCUT2D eigenvalue weighted by atomic mass is 9.74. The van der Waals surface area contributed by atoms with Crippen molar-refractivity contribution < 1.29 is 9.90 Å². The number of amides is 2. The third-order valence-electron chi connectivity index (χ3n) is 7.30. The summed E-state index contributed by atoms with van der Waals surface area (Å²) >= 11 is 0. The number of rotatable bonds is 4. The lowest BCUT2D eigenvalue weighted by molar-refractivity contribution is -0.0585. The van der Waals surface area contributed by atoms with E-state index in [4.69, 9.17) is 0 Å². The first kappa shape index (κ1) is 23.1. The number of aliphatic hydroxyl groups excluding tert-OH is 1. The van der Waals surface area contributed by atoms with E-state index in [1.54, 1.807) is 6.07 Å². The Morgan fingerprint density at radius 3 is 2.49 bits per heavy atom. The molecule has 0 aliphatic carbocycles.